The van der Waals surface area contributed by atoms with E-state index in [1.54, 1.807) is 0 Å². The Morgan fingerprint density at radius 2 is 2.00 bits per heavy atom. The summed E-state index contributed by atoms with van der Waals surface area (Å²) in [5, 5.41) is 8.09. The molecule has 0 saturated carbocycles. The first-order valence-corrected chi connectivity index (χ1v) is 11.5. The molecule has 0 amide bonds. The van der Waals surface area contributed by atoms with E-state index in [0.717, 1.165) is 42.2 Å². The summed E-state index contributed by atoms with van der Waals surface area (Å²) in [5.41, 5.74) is 6.49. The van der Waals surface area contributed by atoms with E-state index in [9.17, 15) is 0 Å². The van der Waals surface area contributed by atoms with Gasteiger partial charge >= 0.3 is 0 Å². The quantitative estimate of drug-likeness (QED) is 0.397. The van der Waals surface area contributed by atoms with Crippen LogP contribution in [0.2, 0.25) is 0 Å². The minimum Gasteiger partial charge on any atom is -0.493 e. The van der Waals surface area contributed by atoms with Crippen molar-refractivity contribution >= 4 is 11.2 Å². The van der Waals surface area contributed by atoms with Crippen molar-refractivity contribution in [2.24, 2.45) is 0 Å². The molecule has 0 radical (unpaired) electrons. The Bertz CT molecular complexity index is 1260. The third-order valence-electron chi connectivity index (χ3n) is 6.08. The van der Waals surface area contributed by atoms with E-state index in [1.165, 1.54) is 16.8 Å². The highest BCUT2D eigenvalue weighted by Gasteiger charge is 2.28. The first-order chi connectivity index (χ1) is 16.3. The Hall–Kier alpha value is -3.64. The molecule has 5 rings (SSSR count). The molecule has 3 aromatic heterocycles. The van der Waals surface area contributed by atoms with Gasteiger partial charge in [-0.1, -0.05) is 24.3 Å². The summed E-state index contributed by atoms with van der Waals surface area (Å²) < 4.78 is 8.00. The first-order valence-electron chi connectivity index (χ1n) is 11.5. The molecule has 168 valence electrons. The highest BCUT2D eigenvalue weighted by atomic mass is 16.5. The fourth-order valence-electron chi connectivity index (χ4n) is 4.48. The Morgan fingerprint density at radius 3 is 2.82 bits per heavy atom. The van der Waals surface area contributed by atoms with Gasteiger partial charge in [0.1, 0.15) is 11.4 Å². The van der Waals surface area contributed by atoms with Crippen molar-refractivity contribution in [3.05, 3.63) is 90.4 Å². The van der Waals surface area contributed by atoms with Crippen molar-refractivity contribution in [2.45, 2.75) is 19.3 Å². The number of nitrogens with one attached hydrogen (secondary N) is 1. The zero-order valence-electron chi connectivity index (χ0n) is 19.1. The number of anilines is 1. The molecule has 0 bridgehead atoms. The largest absolute Gasteiger partial charge is 0.493 e. The molecule has 1 atom stereocenters. The van der Waals surface area contributed by atoms with Crippen LogP contribution in [0.25, 0.3) is 16.9 Å². The number of ether oxygens (including phenoxy) is 1. The number of hydrogen-bond donors (Lipinski definition) is 1. The average Bonchev–Trinajstić information content (AvgIpc) is 3.26. The second-order valence-corrected chi connectivity index (χ2v) is 8.14. The molecular weight excluding hydrogens is 410 g/mol. The molecule has 6 heteroatoms. The number of pyridine rings is 2. The van der Waals surface area contributed by atoms with E-state index in [0.29, 0.717) is 6.61 Å². The maximum atomic E-state index is 6.04. The van der Waals surface area contributed by atoms with Crippen LogP contribution in [0.15, 0.2) is 79.3 Å². The summed E-state index contributed by atoms with van der Waals surface area (Å²) in [7, 11) is 1.96. The van der Waals surface area contributed by atoms with E-state index in [2.05, 4.69) is 64.7 Å². The van der Waals surface area contributed by atoms with Crippen LogP contribution < -0.4 is 15.0 Å². The third-order valence-corrected chi connectivity index (χ3v) is 6.08. The summed E-state index contributed by atoms with van der Waals surface area (Å²) in [4.78, 5) is 6.89. The van der Waals surface area contributed by atoms with Crippen LogP contribution in [0.4, 0.5) is 5.69 Å². The topological polar surface area (TPSA) is 54.7 Å². The lowest BCUT2D eigenvalue weighted by atomic mass is 9.86. The molecule has 6 nitrogen and oxygen atoms in total. The van der Waals surface area contributed by atoms with Gasteiger partial charge in [0.2, 0.25) is 0 Å². The predicted molar refractivity (Wildman–Crippen MR) is 133 cm³/mol. The monoisotopic (exact) mass is 439 g/mol. The maximum absolute atomic E-state index is 6.04. The molecule has 4 aromatic rings. The van der Waals surface area contributed by atoms with Gasteiger partial charge in [-0.05, 0) is 62.8 Å². The molecule has 1 aromatic carbocycles. The van der Waals surface area contributed by atoms with Crippen LogP contribution in [-0.4, -0.2) is 41.3 Å². The lowest BCUT2D eigenvalue weighted by molar-refractivity contribution is 0.310. The summed E-state index contributed by atoms with van der Waals surface area (Å²) in [5.74, 6) is 0.972. The van der Waals surface area contributed by atoms with E-state index in [-0.39, 0.29) is 5.92 Å². The molecule has 33 heavy (non-hydrogen) atoms. The van der Waals surface area contributed by atoms with Crippen molar-refractivity contribution in [1.29, 1.82) is 0 Å². The van der Waals surface area contributed by atoms with Crippen molar-refractivity contribution in [1.82, 2.24) is 19.9 Å². The Balaban J connectivity index is 1.60. The van der Waals surface area contributed by atoms with Crippen LogP contribution >= 0.6 is 0 Å². The van der Waals surface area contributed by atoms with Gasteiger partial charge in [0.05, 0.1) is 17.8 Å². The SMILES string of the molecule is CCN1C=CC(c2c(-c3ccccn3)nn3ccccc23)c2ccc(OCCCNC)cc21. The molecule has 0 fully saturated rings. The van der Waals surface area contributed by atoms with E-state index >= 15 is 0 Å². The molecule has 1 aliphatic rings. The lowest BCUT2D eigenvalue weighted by Crippen LogP contribution is -2.22. The van der Waals surface area contributed by atoms with Gasteiger partial charge in [-0.3, -0.25) is 4.98 Å². The number of rotatable bonds is 8. The van der Waals surface area contributed by atoms with Gasteiger partial charge in [0.25, 0.3) is 0 Å². The molecule has 4 heterocycles. The van der Waals surface area contributed by atoms with Gasteiger partial charge in [-0.15, -0.1) is 0 Å². The highest BCUT2D eigenvalue weighted by molar-refractivity contribution is 5.77. The number of hydrogen-bond acceptors (Lipinski definition) is 5. The van der Waals surface area contributed by atoms with E-state index in [1.807, 2.05) is 48.2 Å². The summed E-state index contributed by atoms with van der Waals surface area (Å²) in [6.07, 6.45) is 9.26. The van der Waals surface area contributed by atoms with Gasteiger partial charge in [-0.2, -0.15) is 5.10 Å². The number of fused-ring (bicyclic) bond motifs is 2. The zero-order valence-corrected chi connectivity index (χ0v) is 19.1. The van der Waals surface area contributed by atoms with E-state index < -0.39 is 0 Å². The molecule has 1 aliphatic heterocycles. The van der Waals surface area contributed by atoms with Gasteiger partial charge < -0.3 is 15.0 Å². The maximum Gasteiger partial charge on any atom is 0.121 e. The van der Waals surface area contributed by atoms with Gasteiger partial charge in [0, 0.05) is 48.4 Å². The summed E-state index contributed by atoms with van der Waals surface area (Å²) in [6.45, 7) is 4.70. The normalized spacial score (nSPS) is 15.1. The van der Waals surface area contributed by atoms with Gasteiger partial charge in [-0.25, -0.2) is 4.52 Å². The Labute approximate surface area is 194 Å². The van der Waals surface area contributed by atoms with Crippen molar-refractivity contribution in [3.8, 4) is 17.1 Å². The van der Waals surface area contributed by atoms with Crippen LogP contribution in [0.3, 0.4) is 0 Å². The van der Waals surface area contributed by atoms with Crippen LogP contribution in [0, 0.1) is 0 Å². The van der Waals surface area contributed by atoms with Crippen LogP contribution in [0.5, 0.6) is 5.75 Å². The smallest absolute Gasteiger partial charge is 0.121 e. The summed E-state index contributed by atoms with van der Waals surface area (Å²) >= 11 is 0. The number of nitrogens with zero attached hydrogens (tertiary/aromatic N) is 4. The molecule has 0 aliphatic carbocycles. The number of aromatic nitrogens is 3. The minimum atomic E-state index is 0.0676. The highest BCUT2D eigenvalue weighted by Crippen LogP contribution is 2.43. The molecule has 0 saturated heterocycles. The molecular formula is C27H29N5O. The lowest BCUT2D eigenvalue weighted by Gasteiger charge is -2.30. The molecule has 1 unspecified atom stereocenters. The van der Waals surface area contributed by atoms with Crippen LogP contribution in [0.1, 0.15) is 30.4 Å². The van der Waals surface area contributed by atoms with Gasteiger partial charge in [0.15, 0.2) is 0 Å². The second kappa shape index (κ2) is 9.46. The van der Waals surface area contributed by atoms with Crippen molar-refractivity contribution < 1.29 is 4.74 Å². The first kappa shape index (κ1) is 21.2. The fourth-order valence-corrected chi connectivity index (χ4v) is 4.48. The van der Waals surface area contributed by atoms with Crippen molar-refractivity contribution in [3.63, 3.8) is 0 Å². The number of allylic oxidation sites excluding steroid dienone is 1. The Kier molecular flexibility index (Phi) is 6.09. The molecule has 0 spiro atoms. The zero-order chi connectivity index (χ0) is 22.6. The third kappa shape index (κ3) is 4.10. The predicted octanol–water partition coefficient (Wildman–Crippen LogP) is 4.87. The average molecular weight is 440 g/mol. The minimum absolute atomic E-state index is 0.0676. The fraction of sp³-hybridized carbons (Fsp3) is 0.259. The second-order valence-electron chi connectivity index (χ2n) is 8.14. The van der Waals surface area contributed by atoms with E-state index in [4.69, 9.17) is 9.84 Å². The standard InChI is InChI=1S/C27H29N5O/c1-3-31-17-13-22(21-12-11-20(19-25(21)31)33-18-8-14-28-2)26-24-10-5-7-16-32(24)30-27(26)23-9-4-6-15-29-23/h4-7,9-13,15-17,19,22,28H,3,8,14,18H2,1-2H3. The molecule has 1 N–H and O–H groups in total. The van der Waals surface area contributed by atoms with Crippen LogP contribution in [-0.2, 0) is 0 Å². The number of benzene rings is 1. The summed E-state index contributed by atoms with van der Waals surface area (Å²) in [6, 6.07) is 18.6. The van der Waals surface area contributed by atoms with Crippen molar-refractivity contribution in [2.75, 3.05) is 31.6 Å². The Morgan fingerprint density at radius 1 is 1.09 bits per heavy atom.